The highest BCUT2D eigenvalue weighted by Gasteiger charge is 2.15. The lowest BCUT2D eigenvalue weighted by atomic mass is 10.2. The summed E-state index contributed by atoms with van der Waals surface area (Å²) in [6.07, 6.45) is 1.57. The first kappa shape index (κ1) is 18.3. The fraction of sp³-hybridized carbons (Fsp3) is 0.0870. The molecule has 0 spiro atoms. The number of nitrogens with one attached hydrogen (secondary N) is 1. The van der Waals surface area contributed by atoms with Gasteiger partial charge in [0, 0.05) is 29.8 Å². The Kier molecular flexibility index (Phi) is 4.71. The summed E-state index contributed by atoms with van der Waals surface area (Å²) >= 11 is 0. The number of anilines is 1. The van der Waals surface area contributed by atoms with Crippen molar-refractivity contribution in [3.63, 3.8) is 0 Å². The van der Waals surface area contributed by atoms with Gasteiger partial charge >= 0.3 is 0 Å². The van der Waals surface area contributed by atoms with E-state index in [1.165, 1.54) is 0 Å². The quantitative estimate of drug-likeness (QED) is 0.550. The molecular formula is C23H18N4O2. The van der Waals surface area contributed by atoms with Gasteiger partial charge in [-0.15, -0.1) is 0 Å². The third-order valence-corrected chi connectivity index (χ3v) is 4.74. The fourth-order valence-electron chi connectivity index (χ4n) is 3.20. The zero-order valence-electron chi connectivity index (χ0n) is 16.0. The van der Waals surface area contributed by atoms with Crippen molar-refractivity contribution in [2.75, 3.05) is 5.32 Å². The minimum atomic E-state index is -0.183. The number of ether oxygens (including phenoxy) is 1. The Hall–Kier alpha value is -4.11. The summed E-state index contributed by atoms with van der Waals surface area (Å²) in [5.74, 6) is 0.610. The summed E-state index contributed by atoms with van der Waals surface area (Å²) in [5, 5.41) is 13.1. The first-order chi connectivity index (χ1) is 14.1. The maximum atomic E-state index is 12.8. The van der Waals surface area contributed by atoms with Crippen molar-refractivity contribution in [2.45, 2.75) is 6.92 Å². The normalized spacial score (nSPS) is 10.5. The zero-order valence-corrected chi connectivity index (χ0v) is 16.0. The molecule has 0 aliphatic carbocycles. The van der Waals surface area contributed by atoms with Crippen LogP contribution in [0.4, 0.5) is 5.69 Å². The summed E-state index contributed by atoms with van der Waals surface area (Å²) in [6.45, 7) is 1.88. The molecule has 2 aromatic heterocycles. The van der Waals surface area contributed by atoms with E-state index in [1.54, 1.807) is 36.5 Å². The topological polar surface area (TPSA) is 79.9 Å². The number of hydrogen-bond acceptors (Lipinski definition) is 4. The highest BCUT2D eigenvalue weighted by Crippen LogP contribution is 2.27. The van der Waals surface area contributed by atoms with Crippen LogP contribution in [0.1, 0.15) is 21.6 Å². The van der Waals surface area contributed by atoms with Crippen LogP contribution in [0.3, 0.4) is 0 Å². The number of nitriles is 1. The van der Waals surface area contributed by atoms with E-state index in [2.05, 4.69) is 16.4 Å². The summed E-state index contributed by atoms with van der Waals surface area (Å²) < 4.78 is 7.61. The lowest BCUT2D eigenvalue weighted by Crippen LogP contribution is -2.16. The molecule has 0 aliphatic heterocycles. The monoisotopic (exact) mass is 382 g/mol. The Balaban J connectivity index is 1.56. The number of hydrogen-bond donors (Lipinski definition) is 1. The van der Waals surface area contributed by atoms with E-state index in [9.17, 15) is 4.79 Å². The highest BCUT2D eigenvalue weighted by atomic mass is 16.5. The van der Waals surface area contributed by atoms with Gasteiger partial charge in [0.05, 0.1) is 0 Å². The molecular weight excluding hydrogens is 364 g/mol. The standard InChI is InChI=1S/C23H18N4O2/c1-15-12-18(29-23-17(14-24)7-5-11-25-23)9-10-19(15)26-22(28)21-13-16-6-3-4-8-20(16)27(21)2/h3-13H,1-2H3,(H,26,28). The third kappa shape index (κ3) is 3.54. The van der Waals surface area contributed by atoms with Crippen LogP contribution in [0.15, 0.2) is 66.9 Å². The number of rotatable bonds is 4. The van der Waals surface area contributed by atoms with Crippen molar-refractivity contribution in [3.05, 3.63) is 83.7 Å². The smallest absolute Gasteiger partial charge is 0.272 e. The van der Waals surface area contributed by atoms with Crippen LogP contribution in [0.5, 0.6) is 11.6 Å². The van der Waals surface area contributed by atoms with Crippen LogP contribution in [-0.2, 0) is 7.05 Å². The Morgan fingerprint density at radius 3 is 2.72 bits per heavy atom. The maximum absolute atomic E-state index is 12.8. The van der Waals surface area contributed by atoms with Gasteiger partial charge in [-0.25, -0.2) is 4.98 Å². The van der Waals surface area contributed by atoms with Crippen LogP contribution in [0, 0.1) is 18.3 Å². The third-order valence-electron chi connectivity index (χ3n) is 4.74. The Bertz CT molecular complexity index is 1270. The lowest BCUT2D eigenvalue weighted by Gasteiger charge is -2.12. The number of carbonyl (C=O) groups is 1. The van der Waals surface area contributed by atoms with Crippen molar-refractivity contribution in [1.29, 1.82) is 5.26 Å². The van der Waals surface area contributed by atoms with E-state index in [4.69, 9.17) is 10.00 Å². The number of amides is 1. The van der Waals surface area contributed by atoms with Gasteiger partial charge in [0.25, 0.3) is 5.91 Å². The first-order valence-electron chi connectivity index (χ1n) is 9.06. The molecule has 1 N–H and O–H groups in total. The number of aromatic nitrogens is 2. The first-order valence-corrected chi connectivity index (χ1v) is 9.06. The van der Waals surface area contributed by atoms with E-state index in [1.807, 2.05) is 48.9 Å². The molecule has 6 nitrogen and oxygen atoms in total. The van der Waals surface area contributed by atoms with Crippen LogP contribution in [0.2, 0.25) is 0 Å². The SMILES string of the molecule is Cc1cc(Oc2ncccc2C#N)ccc1NC(=O)c1cc2ccccc2n1C. The molecule has 0 saturated carbocycles. The fourth-order valence-corrected chi connectivity index (χ4v) is 3.20. The predicted octanol–water partition coefficient (Wildman–Crippen LogP) is 4.80. The van der Waals surface area contributed by atoms with Crippen LogP contribution < -0.4 is 10.1 Å². The van der Waals surface area contributed by atoms with E-state index < -0.39 is 0 Å². The van der Waals surface area contributed by atoms with E-state index >= 15 is 0 Å². The number of benzene rings is 2. The van der Waals surface area contributed by atoms with E-state index in [-0.39, 0.29) is 11.8 Å². The van der Waals surface area contributed by atoms with Crippen molar-refractivity contribution < 1.29 is 9.53 Å². The Labute approximate surface area is 168 Å². The van der Waals surface area contributed by atoms with Gasteiger partial charge in [-0.1, -0.05) is 18.2 Å². The molecule has 4 aromatic rings. The molecule has 0 atom stereocenters. The molecule has 0 bridgehead atoms. The molecule has 29 heavy (non-hydrogen) atoms. The lowest BCUT2D eigenvalue weighted by molar-refractivity contribution is 0.101. The molecule has 0 saturated heterocycles. The summed E-state index contributed by atoms with van der Waals surface area (Å²) in [6, 6.07) is 20.4. The minimum Gasteiger partial charge on any atom is -0.438 e. The molecule has 2 aromatic carbocycles. The molecule has 0 radical (unpaired) electrons. The minimum absolute atomic E-state index is 0.183. The van der Waals surface area contributed by atoms with Gasteiger partial charge in [0.2, 0.25) is 5.88 Å². The van der Waals surface area contributed by atoms with Crippen LogP contribution in [0.25, 0.3) is 10.9 Å². The second-order valence-electron chi connectivity index (χ2n) is 6.65. The highest BCUT2D eigenvalue weighted by molar-refractivity contribution is 6.06. The molecule has 142 valence electrons. The van der Waals surface area contributed by atoms with Gasteiger partial charge in [-0.3, -0.25) is 4.79 Å². The second-order valence-corrected chi connectivity index (χ2v) is 6.65. The Morgan fingerprint density at radius 2 is 1.97 bits per heavy atom. The number of carbonyl (C=O) groups excluding carboxylic acids is 1. The van der Waals surface area contributed by atoms with Crippen molar-refractivity contribution in [3.8, 4) is 17.7 Å². The molecule has 0 fully saturated rings. The van der Waals surface area contributed by atoms with Gasteiger partial charge in [0.15, 0.2) is 0 Å². The number of nitrogens with zero attached hydrogens (tertiary/aromatic N) is 3. The molecule has 2 heterocycles. The van der Waals surface area contributed by atoms with E-state index in [0.717, 1.165) is 16.5 Å². The molecule has 6 heteroatoms. The van der Waals surface area contributed by atoms with Gasteiger partial charge in [-0.05, 0) is 55.0 Å². The average Bonchev–Trinajstić information content (AvgIpc) is 3.07. The number of fused-ring (bicyclic) bond motifs is 1. The zero-order chi connectivity index (χ0) is 20.4. The number of para-hydroxylation sites is 1. The predicted molar refractivity (Wildman–Crippen MR) is 111 cm³/mol. The number of aryl methyl sites for hydroxylation is 2. The summed E-state index contributed by atoms with van der Waals surface area (Å²) in [4.78, 5) is 16.9. The summed E-state index contributed by atoms with van der Waals surface area (Å²) in [5.41, 5.74) is 3.47. The average molecular weight is 382 g/mol. The molecule has 0 unspecified atom stereocenters. The Morgan fingerprint density at radius 1 is 1.14 bits per heavy atom. The van der Waals surface area contributed by atoms with Crippen LogP contribution >= 0.6 is 0 Å². The summed E-state index contributed by atoms with van der Waals surface area (Å²) in [7, 11) is 1.88. The van der Waals surface area contributed by atoms with Crippen molar-refractivity contribution in [2.24, 2.45) is 7.05 Å². The van der Waals surface area contributed by atoms with Gasteiger partial charge in [0.1, 0.15) is 23.1 Å². The number of pyridine rings is 1. The van der Waals surface area contributed by atoms with E-state index in [0.29, 0.717) is 22.7 Å². The van der Waals surface area contributed by atoms with Crippen molar-refractivity contribution >= 4 is 22.5 Å². The molecule has 4 rings (SSSR count). The largest absolute Gasteiger partial charge is 0.438 e. The maximum Gasteiger partial charge on any atom is 0.272 e. The molecule has 0 aliphatic rings. The van der Waals surface area contributed by atoms with Crippen molar-refractivity contribution in [1.82, 2.24) is 9.55 Å². The second kappa shape index (κ2) is 7.49. The van der Waals surface area contributed by atoms with Crippen LogP contribution in [-0.4, -0.2) is 15.5 Å². The molecule has 1 amide bonds. The van der Waals surface area contributed by atoms with Gasteiger partial charge < -0.3 is 14.6 Å². The van der Waals surface area contributed by atoms with Gasteiger partial charge in [-0.2, -0.15) is 5.26 Å².